The van der Waals surface area contributed by atoms with Gasteiger partial charge in [-0.05, 0) is 56.5 Å². The molecule has 0 aromatic heterocycles. The molecule has 0 heterocycles. The Balaban J connectivity index is 2.27. The van der Waals surface area contributed by atoms with Crippen LogP contribution in [-0.4, -0.2) is 32.2 Å². The van der Waals surface area contributed by atoms with Crippen LogP contribution in [0.25, 0.3) is 0 Å². The summed E-state index contributed by atoms with van der Waals surface area (Å²) in [5.74, 6) is -0.330. The summed E-state index contributed by atoms with van der Waals surface area (Å²) < 4.78 is 26.1. The van der Waals surface area contributed by atoms with Crippen LogP contribution in [0.3, 0.4) is 0 Å². The maximum atomic E-state index is 13.1. The third-order valence-corrected chi connectivity index (χ3v) is 5.79. The highest BCUT2D eigenvalue weighted by atomic mass is 35.5. The van der Waals surface area contributed by atoms with Crippen molar-refractivity contribution in [2.24, 2.45) is 0 Å². The Morgan fingerprint density at radius 2 is 1.68 bits per heavy atom. The first-order chi connectivity index (χ1) is 13.0. The normalized spacial score (nSPS) is 13.0. The van der Waals surface area contributed by atoms with E-state index in [-0.39, 0.29) is 5.91 Å². The van der Waals surface area contributed by atoms with Gasteiger partial charge in [0.2, 0.25) is 15.9 Å². The first-order valence-corrected chi connectivity index (χ1v) is 11.4. The molecule has 0 fully saturated rings. The van der Waals surface area contributed by atoms with Gasteiger partial charge in [0.25, 0.3) is 0 Å². The molecule has 28 heavy (non-hydrogen) atoms. The summed E-state index contributed by atoms with van der Waals surface area (Å²) in [7, 11) is -3.67. The van der Waals surface area contributed by atoms with Gasteiger partial charge in [-0.2, -0.15) is 0 Å². The topological polar surface area (TPSA) is 66.5 Å². The lowest BCUT2D eigenvalue weighted by molar-refractivity contribution is -0.123. The molecule has 2 aromatic rings. The molecular weight excluding hydrogens is 396 g/mol. The summed E-state index contributed by atoms with van der Waals surface area (Å²) in [5.41, 5.74) is 0.975. The van der Waals surface area contributed by atoms with Crippen LogP contribution in [0.4, 0.5) is 5.69 Å². The molecule has 7 heteroatoms. The lowest BCUT2D eigenvalue weighted by atomic mass is 9.94. The highest BCUT2D eigenvalue weighted by molar-refractivity contribution is 7.92. The van der Waals surface area contributed by atoms with E-state index in [1.165, 1.54) is 0 Å². The van der Waals surface area contributed by atoms with E-state index < -0.39 is 21.6 Å². The van der Waals surface area contributed by atoms with E-state index in [1.807, 2.05) is 44.2 Å². The fourth-order valence-electron chi connectivity index (χ4n) is 3.22. The van der Waals surface area contributed by atoms with Crippen molar-refractivity contribution in [3.05, 3.63) is 65.2 Å². The maximum absolute atomic E-state index is 13.1. The van der Waals surface area contributed by atoms with Crippen molar-refractivity contribution < 1.29 is 13.2 Å². The van der Waals surface area contributed by atoms with Crippen LogP contribution in [-0.2, 0) is 21.2 Å². The van der Waals surface area contributed by atoms with Crippen LogP contribution in [0.5, 0.6) is 0 Å². The number of hydrogen-bond donors (Lipinski definition) is 1. The smallest absolute Gasteiger partial charge is 0.244 e. The van der Waals surface area contributed by atoms with Crippen molar-refractivity contribution in [2.75, 3.05) is 10.6 Å². The van der Waals surface area contributed by atoms with Crippen molar-refractivity contribution in [1.29, 1.82) is 0 Å². The number of nitrogens with zero attached hydrogens (tertiary/aromatic N) is 1. The molecule has 0 spiro atoms. The molecule has 0 bridgehead atoms. The predicted molar refractivity (Wildman–Crippen MR) is 115 cm³/mol. The van der Waals surface area contributed by atoms with Crippen LogP contribution in [0.2, 0.25) is 5.02 Å². The van der Waals surface area contributed by atoms with Gasteiger partial charge in [0, 0.05) is 10.6 Å². The van der Waals surface area contributed by atoms with Gasteiger partial charge in [-0.25, -0.2) is 8.42 Å². The van der Waals surface area contributed by atoms with Gasteiger partial charge < -0.3 is 5.32 Å². The van der Waals surface area contributed by atoms with Crippen LogP contribution < -0.4 is 9.62 Å². The van der Waals surface area contributed by atoms with Crippen LogP contribution >= 0.6 is 11.6 Å². The molecule has 1 N–H and O–H groups in total. The largest absolute Gasteiger partial charge is 0.349 e. The SMILES string of the molecule is CCC(C(=O)NC(C)(C)Cc1ccccc1)N(c1ccc(Cl)cc1)S(C)(=O)=O. The molecular formula is C21H27ClN2O3S. The van der Waals surface area contributed by atoms with E-state index in [2.05, 4.69) is 5.32 Å². The first kappa shape index (κ1) is 22.2. The van der Waals surface area contributed by atoms with Crippen molar-refractivity contribution in [1.82, 2.24) is 5.32 Å². The molecule has 2 aromatic carbocycles. The third-order valence-electron chi connectivity index (χ3n) is 4.36. The number of rotatable bonds is 8. The van der Waals surface area contributed by atoms with Gasteiger partial charge >= 0.3 is 0 Å². The van der Waals surface area contributed by atoms with Crippen LogP contribution in [0.15, 0.2) is 54.6 Å². The lowest BCUT2D eigenvalue weighted by Crippen LogP contribution is -2.55. The Hall–Kier alpha value is -2.05. The summed E-state index contributed by atoms with van der Waals surface area (Å²) in [6, 6.07) is 15.4. The Labute approximate surface area is 172 Å². The number of halogens is 1. The van der Waals surface area contributed by atoms with Gasteiger partial charge in [0.05, 0.1) is 11.9 Å². The summed E-state index contributed by atoms with van der Waals surface area (Å²) >= 11 is 5.92. The standard InChI is InChI=1S/C21H27ClN2O3S/c1-5-19(24(28(4,26)27)18-13-11-17(22)12-14-18)20(25)23-21(2,3)15-16-9-7-6-8-10-16/h6-14,19H,5,15H2,1-4H3,(H,23,25). The second kappa shape index (κ2) is 8.97. The van der Waals surface area contributed by atoms with Crippen molar-refractivity contribution in [3.63, 3.8) is 0 Å². The van der Waals surface area contributed by atoms with Crippen LogP contribution in [0, 0.1) is 0 Å². The molecule has 152 valence electrons. The third kappa shape index (κ3) is 5.97. The molecule has 2 rings (SSSR count). The van der Waals surface area contributed by atoms with Gasteiger partial charge in [-0.1, -0.05) is 48.9 Å². The molecule has 0 aliphatic heterocycles. The molecule has 0 radical (unpaired) electrons. The Bertz CT molecular complexity index is 897. The number of benzene rings is 2. The summed E-state index contributed by atoms with van der Waals surface area (Å²) in [5, 5.41) is 3.52. The lowest BCUT2D eigenvalue weighted by Gasteiger charge is -2.34. The highest BCUT2D eigenvalue weighted by Gasteiger charge is 2.34. The van der Waals surface area contributed by atoms with Crippen LogP contribution in [0.1, 0.15) is 32.8 Å². The number of amides is 1. The van der Waals surface area contributed by atoms with E-state index in [0.717, 1.165) is 16.1 Å². The predicted octanol–water partition coefficient (Wildman–Crippen LogP) is 4.02. The zero-order valence-electron chi connectivity index (χ0n) is 16.6. The van der Waals surface area contributed by atoms with E-state index in [0.29, 0.717) is 23.6 Å². The maximum Gasteiger partial charge on any atom is 0.244 e. The molecule has 0 aliphatic rings. The second-order valence-electron chi connectivity index (χ2n) is 7.49. The number of anilines is 1. The number of carbonyl (C=O) groups excluding carboxylic acids is 1. The molecule has 5 nitrogen and oxygen atoms in total. The zero-order chi connectivity index (χ0) is 20.9. The molecule has 0 saturated carbocycles. The molecule has 1 unspecified atom stereocenters. The summed E-state index contributed by atoms with van der Waals surface area (Å²) in [6.45, 7) is 5.65. The fourth-order valence-corrected chi connectivity index (χ4v) is 4.55. The van der Waals surface area contributed by atoms with Crippen molar-refractivity contribution in [2.45, 2.75) is 45.2 Å². The minimum atomic E-state index is -3.67. The number of carbonyl (C=O) groups is 1. The van der Waals surface area contributed by atoms with Gasteiger partial charge in [-0.3, -0.25) is 9.10 Å². The average molecular weight is 423 g/mol. The number of hydrogen-bond acceptors (Lipinski definition) is 3. The van der Waals surface area contributed by atoms with E-state index in [4.69, 9.17) is 11.6 Å². The molecule has 1 amide bonds. The molecule has 0 aliphatic carbocycles. The Morgan fingerprint density at radius 1 is 1.11 bits per heavy atom. The molecule has 1 atom stereocenters. The first-order valence-electron chi connectivity index (χ1n) is 9.14. The number of nitrogens with one attached hydrogen (secondary N) is 1. The summed E-state index contributed by atoms with van der Waals surface area (Å²) in [4.78, 5) is 13.1. The van der Waals surface area contributed by atoms with E-state index in [9.17, 15) is 13.2 Å². The van der Waals surface area contributed by atoms with Gasteiger partial charge in [0.15, 0.2) is 0 Å². The Kier molecular flexibility index (Phi) is 7.12. The van der Waals surface area contributed by atoms with Crippen molar-refractivity contribution >= 4 is 33.2 Å². The summed E-state index contributed by atoms with van der Waals surface area (Å²) in [6.07, 6.45) is 2.07. The van der Waals surface area contributed by atoms with Gasteiger partial charge in [0.1, 0.15) is 6.04 Å². The van der Waals surface area contributed by atoms with E-state index >= 15 is 0 Å². The van der Waals surface area contributed by atoms with E-state index in [1.54, 1.807) is 31.2 Å². The minimum Gasteiger partial charge on any atom is -0.349 e. The number of sulfonamides is 1. The quantitative estimate of drug-likeness (QED) is 0.698. The minimum absolute atomic E-state index is 0.330. The zero-order valence-corrected chi connectivity index (χ0v) is 18.2. The second-order valence-corrected chi connectivity index (χ2v) is 9.79. The molecule has 0 saturated heterocycles. The monoisotopic (exact) mass is 422 g/mol. The highest BCUT2D eigenvalue weighted by Crippen LogP contribution is 2.25. The van der Waals surface area contributed by atoms with Crippen molar-refractivity contribution in [3.8, 4) is 0 Å². The Morgan fingerprint density at radius 3 is 2.18 bits per heavy atom. The van der Waals surface area contributed by atoms with Gasteiger partial charge in [-0.15, -0.1) is 0 Å². The average Bonchev–Trinajstić information content (AvgIpc) is 2.59. The fraction of sp³-hybridized carbons (Fsp3) is 0.381.